The summed E-state index contributed by atoms with van der Waals surface area (Å²) in [6.45, 7) is 2.57. The Morgan fingerprint density at radius 3 is 2.33 bits per heavy atom. The van der Waals surface area contributed by atoms with Gasteiger partial charge in [0.05, 0.1) is 5.69 Å². The molecule has 0 fully saturated rings. The maximum atomic E-state index is 13.5. The van der Waals surface area contributed by atoms with Crippen LogP contribution < -0.4 is 5.32 Å². The van der Waals surface area contributed by atoms with E-state index < -0.39 is 17.5 Å². The summed E-state index contributed by atoms with van der Waals surface area (Å²) in [5, 5.41) is 10.5. The maximum absolute atomic E-state index is 13.5. The van der Waals surface area contributed by atoms with Gasteiger partial charge in [0.1, 0.15) is 11.6 Å². The Bertz CT molecular complexity index is 555. The zero-order valence-electron chi connectivity index (χ0n) is 9.54. The Kier molecular flexibility index (Phi) is 3.45. The molecular weight excluding hydrogens is 243 g/mol. The van der Waals surface area contributed by atoms with Gasteiger partial charge in [-0.15, -0.1) is 10.2 Å². The number of benzene rings is 1. The minimum atomic E-state index is -1.23. The molecule has 0 atom stereocenters. The highest BCUT2D eigenvalue weighted by Crippen LogP contribution is 2.23. The minimum absolute atomic E-state index is 0.121. The van der Waals surface area contributed by atoms with Crippen LogP contribution in [0.25, 0.3) is 11.3 Å². The molecule has 0 aliphatic carbocycles. The van der Waals surface area contributed by atoms with Crippen LogP contribution in [0.3, 0.4) is 0 Å². The summed E-state index contributed by atoms with van der Waals surface area (Å²) in [4.78, 5) is 0. The average Bonchev–Trinajstić information content (AvgIpc) is 2.35. The lowest BCUT2D eigenvalue weighted by molar-refractivity contribution is 0.496. The van der Waals surface area contributed by atoms with Gasteiger partial charge in [-0.25, -0.2) is 13.2 Å². The van der Waals surface area contributed by atoms with Crippen LogP contribution in [0.15, 0.2) is 24.3 Å². The second-order valence-corrected chi connectivity index (χ2v) is 3.58. The maximum Gasteiger partial charge on any atom is 0.161 e. The van der Waals surface area contributed by atoms with Gasteiger partial charge in [-0.05, 0) is 25.1 Å². The Morgan fingerprint density at radius 1 is 1.00 bits per heavy atom. The molecule has 1 N–H and O–H groups in total. The summed E-state index contributed by atoms with van der Waals surface area (Å²) in [6.07, 6.45) is 0. The molecule has 6 heteroatoms. The van der Waals surface area contributed by atoms with E-state index >= 15 is 0 Å². The van der Waals surface area contributed by atoms with Crippen molar-refractivity contribution in [1.29, 1.82) is 0 Å². The van der Waals surface area contributed by atoms with Crippen molar-refractivity contribution in [2.24, 2.45) is 0 Å². The molecule has 1 aromatic carbocycles. The molecule has 0 aliphatic rings. The lowest BCUT2D eigenvalue weighted by Gasteiger charge is -2.05. The third-order valence-electron chi connectivity index (χ3n) is 2.31. The first-order valence-corrected chi connectivity index (χ1v) is 5.34. The van der Waals surface area contributed by atoms with Crippen LogP contribution in [-0.2, 0) is 0 Å². The van der Waals surface area contributed by atoms with Crippen molar-refractivity contribution in [3.05, 3.63) is 41.7 Å². The lowest BCUT2D eigenvalue weighted by Crippen LogP contribution is -2.01. The monoisotopic (exact) mass is 253 g/mol. The predicted molar refractivity (Wildman–Crippen MR) is 61.5 cm³/mol. The Hall–Kier alpha value is -2.11. The van der Waals surface area contributed by atoms with Crippen LogP contribution in [0, 0.1) is 17.5 Å². The van der Waals surface area contributed by atoms with Crippen molar-refractivity contribution in [3.8, 4) is 11.3 Å². The summed E-state index contributed by atoms with van der Waals surface area (Å²) < 4.78 is 39.3. The number of halogens is 3. The van der Waals surface area contributed by atoms with E-state index in [0.29, 0.717) is 18.4 Å². The fourth-order valence-corrected chi connectivity index (χ4v) is 1.47. The number of hydrogen-bond acceptors (Lipinski definition) is 3. The third kappa shape index (κ3) is 2.42. The average molecular weight is 253 g/mol. The molecule has 18 heavy (non-hydrogen) atoms. The van der Waals surface area contributed by atoms with Gasteiger partial charge >= 0.3 is 0 Å². The first-order chi connectivity index (χ1) is 8.61. The van der Waals surface area contributed by atoms with Gasteiger partial charge in [0, 0.05) is 18.2 Å². The molecule has 0 amide bonds. The van der Waals surface area contributed by atoms with Gasteiger partial charge in [0.2, 0.25) is 0 Å². The molecule has 2 rings (SSSR count). The minimum Gasteiger partial charge on any atom is -0.369 e. The molecule has 94 valence electrons. The number of hydrogen-bond donors (Lipinski definition) is 1. The Morgan fingerprint density at radius 2 is 1.72 bits per heavy atom. The van der Waals surface area contributed by atoms with Crippen molar-refractivity contribution in [1.82, 2.24) is 10.2 Å². The molecule has 0 spiro atoms. The van der Waals surface area contributed by atoms with Gasteiger partial charge in [-0.1, -0.05) is 0 Å². The van der Waals surface area contributed by atoms with E-state index in [9.17, 15) is 13.2 Å². The van der Waals surface area contributed by atoms with Crippen molar-refractivity contribution in [3.63, 3.8) is 0 Å². The fourth-order valence-electron chi connectivity index (χ4n) is 1.47. The lowest BCUT2D eigenvalue weighted by atomic mass is 10.1. The standard InChI is InChI=1S/C12H10F3N3/c1-2-16-12-4-3-11(17-18-12)7-5-9(14)10(15)6-8(7)13/h3-6H,2H2,1H3,(H,16,18). The summed E-state index contributed by atoms with van der Waals surface area (Å²) in [5.41, 5.74) is 0.0255. The van der Waals surface area contributed by atoms with Gasteiger partial charge in [-0.3, -0.25) is 0 Å². The van der Waals surface area contributed by atoms with Gasteiger partial charge < -0.3 is 5.32 Å². The predicted octanol–water partition coefficient (Wildman–Crippen LogP) is 2.99. The molecule has 1 heterocycles. The van der Waals surface area contributed by atoms with Gasteiger partial charge in [-0.2, -0.15) is 0 Å². The Balaban J connectivity index is 2.39. The molecule has 0 aliphatic heterocycles. The molecule has 0 saturated heterocycles. The molecule has 3 nitrogen and oxygen atoms in total. The highest BCUT2D eigenvalue weighted by molar-refractivity contribution is 5.60. The second-order valence-electron chi connectivity index (χ2n) is 3.58. The number of nitrogens with zero attached hydrogens (tertiary/aromatic N) is 2. The summed E-state index contributed by atoms with van der Waals surface area (Å²) in [7, 11) is 0. The van der Waals surface area contributed by atoms with Crippen LogP contribution in [0.1, 0.15) is 6.92 Å². The number of nitrogens with one attached hydrogen (secondary N) is 1. The molecule has 0 radical (unpaired) electrons. The van der Waals surface area contributed by atoms with Crippen LogP contribution in [0.2, 0.25) is 0 Å². The molecular formula is C12H10F3N3. The third-order valence-corrected chi connectivity index (χ3v) is 2.31. The first-order valence-electron chi connectivity index (χ1n) is 5.34. The smallest absolute Gasteiger partial charge is 0.161 e. The summed E-state index contributed by atoms with van der Waals surface area (Å²) >= 11 is 0. The Labute approximate surface area is 102 Å². The summed E-state index contributed by atoms with van der Waals surface area (Å²) in [6, 6.07) is 4.33. The summed E-state index contributed by atoms with van der Waals surface area (Å²) in [5.74, 6) is -2.69. The van der Waals surface area contributed by atoms with E-state index in [1.807, 2.05) is 6.92 Å². The van der Waals surface area contributed by atoms with E-state index in [4.69, 9.17) is 0 Å². The highest BCUT2D eigenvalue weighted by Gasteiger charge is 2.12. The van der Waals surface area contributed by atoms with Crippen molar-refractivity contribution >= 4 is 5.82 Å². The molecule has 0 saturated carbocycles. The van der Waals surface area contributed by atoms with E-state index in [0.717, 1.165) is 6.07 Å². The number of rotatable bonds is 3. The van der Waals surface area contributed by atoms with Crippen LogP contribution in [0.5, 0.6) is 0 Å². The van der Waals surface area contributed by atoms with Crippen LogP contribution >= 0.6 is 0 Å². The van der Waals surface area contributed by atoms with Crippen molar-refractivity contribution in [2.45, 2.75) is 6.92 Å². The molecule has 0 bridgehead atoms. The molecule has 1 aromatic heterocycles. The quantitative estimate of drug-likeness (QED) is 0.854. The number of anilines is 1. The highest BCUT2D eigenvalue weighted by atomic mass is 19.2. The van der Waals surface area contributed by atoms with E-state index in [-0.39, 0.29) is 11.3 Å². The first kappa shape index (κ1) is 12.3. The zero-order valence-corrected chi connectivity index (χ0v) is 9.54. The fraction of sp³-hybridized carbons (Fsp3) is 0.167. The van der Waals surface area contributed by atoms with E-state index in [2.05, 4.69) is 15.5 Å². The normalized spacial score (nSPS) is 10.4. The molecule has 2 aromatic rings. The largest absolute Gasteiger partial charge is 0.369 e. The molecule has 0 unspecified atom stereocenters. The SMILES string of the molecule is CCNc1ccc(-c2cc(F)c(F)cc2F)nn1. The van der Waals surface area contributed by atoms with Gasteiger partial charge in [0.15, 0.2) is 11.6 Å². The van der Waals surface area contributed by atoms with Crippen molar-refractivity contribution in [2.75, 3.05) is 11.9 Å². The van der Waals surface area contributed by atoms with Gasteiger partial charge in [0.25, 0.3) is 0 Å². The van der Waals surface area contributed by atoms with Crippen LogP contribution in [0.4, 0.5) is 19.0 Å². The topological polar surface area (TPSA) is 37.8 Å². The van der Waals surface area contributed by atoms with Crippen LogP contribution in [-0.4, -0.2) is 16.7 Å². The second kappa shape index (κ2) is 5.03. The van der Waals surface area contributed by atoms with Crippen molar-refractivity contribution < 1.29 is 13.2 Å². The van der Waals surface area contributed by atoms with E-state index in [1.54, 1.807) is 6.07 Å². The zero-order chi connectivity index (χ0) is 13.1. The van der Waals surface area contributed by atoms with E-state index in [1.165, 1.54) is 6.07 Å². The number of aromatic nitrogens is 2.